The molecule has 0 saturated carbocycles. The fourth-order valence-electron chi connectivity index (χ4n) is 2.37. The molecule has 1 aromatic heterocycles. The molecule has 0 amide bonds. The summed E-state index contributed by atoms with van der Waals surface area (Å²) >= 11 is 3.31. The van der Waals surface area contributed by atoms with Crippen molar-refractivity contribution in [3.05, 3.63) is 34.8 Å². The third kappa shape index (κ3) is 3.45. The summed E-state index contributed by atoms with van der Waals surface area (Å²) in [5, 5.41) is 4.10. The quantitative estimate of drug-likeness (QED) is 0.798. The largest absolute Gasteiger partial charge is 0.411 e. The molecule has 0 saturated heterocycles. The highest BCUT2D eigenvalue weighted by Crippen LogP contribution is 2.44. The SMILES string of the molecule is CC(C)(C)C(n1nc(-c2ccc(Br)cc2)cc1N)C(F)(F)F. The zero-order valence-corrected chi connectivity index (χ0v) is 14.0. The van der Waals surface area contributed by atoms with Crippen LogP contribution in [0.1, 0.15) is 26.8 Å². The van der Waals surface area contributed by atoms with Crippen molar-refractivity contribution in [1.82, 2.24) is 9.78 Å². The van der Waals surface area contributed by atoms with Gasteiger partial charge in [0, 0.05) is 16.1 Å². The smallest absolute Gasteiger partial charge is 0.384 e. The molecule has 1 aromatic carbocycles. The van der Waals surface area contributed by atoms with Crippen molar-refractivity contribution in [3.63, 3.8) is 0 Å². The van der Waals surface area contributed by atoms with Crippen LogP contribution in [0.3, 0.4) is 0 Å². The van der Waals surface area contributed by atoms with Crippen LogP contribution in [0.15, 0.2) is 34.8 Å². The van der Waals surface area contributed by atoms with E-state index in [0.717, 1.165) is 9.15 Å². The summed E-state index contributed by atoms with van der Waals surface area (Å²) in [5.74, 6) is -0.00447. The summed E-state index contributed by atoms with van der Waals surface area (Å²) in [6, 6.07) is 6.83. The minimum atomic E-state index is -4.44. The second-order valence-corrected chi connectivity index (χ2v) is 7.13. The first-order valence-corrected chi connectivity index (χ1v) is 7.47. The van der Waals surface area contributed by atoms with Crippen LogP contribution in [0.2, 0.25) is 0 Å². The van der Waals surface area contributed by atoms with E-state index in [1.165, 1.54) is 26.8 Å². The second-order valence-electron chi connectivity index (χ2n) is 6.22. The molecule has 120 valence electrons. The Morgan fingerprint density at radius 1 is 1.14 bits per heavy atom. The Bertz CT molecular complexity index is 640. The first-order chi connectivity index (χ1) is 10.00. The zero-order valence-electron chi connectivity index (χ0n) is 12.4. The first kappa shape index (κ1) is 16.9. The minimum absolute atomic E-state index is 0.00447. The van der Waals surface area contributed by atoms with E-state index in [2.05, 4.69) is 21.0 Å². The van der Waals surface area contributed by atoms with Gasteiger partial charge in [-0.15, -0.1) is 0 Å². The van der Waals surface area contributed by atoms with Crippen molar-refractivity contribution in [1.29, 1.82) is 0 Å². The maximum Gasteiger partial charge on any atom is 0.411 e. The van der Waals surface area contributed by atoms with Gasteiger partial charge in [0.2, 0.25) is 0 Å². The highest BCUT2D eigenvalue weighted by Gasteiger charge is 2.49. The van der Waals surface area contributed by atoms with Gasteiger partial charge in [-0.05, 0) is 17.5 Å². The molecule has 1 atom stereocenters. The second kappa shape index (κ2) is 5.61. The molecular weight excluding hydrogens is 359 g/mol. The molecule has 0 aliphatic carbocycles. The molecular formula is C15H17BrF3N3. The molecule has 0 aliphatic heterocycles. The predicted molar refractivity (Wildman–Crippen MR) is 84.3 cm³/mol. The van der Waals surface area contributed by atoms with E-state index < -0.39 is 17.6 Å². The normalized spacial score (nSPS) is 14.1. The van der Waals surface area contributed by atoms with Gasteiger partial charge in [0.1, 0.15) is 5.82 Å². The van der Waals surface area contributed by atoms with E-state index in [1.807, 2.05) is 0 Å². The van der Waals surface area contributed by atoms with Crippen LogP contribution in [-0.2, 0) is 0 Å². The van der Waals surface area contributed by atoms with Gasteiger partial charge in [0.05, 0.1) is 5.69 Å². The van der Waals surface area contributed by atoms with Crippen LogP contribution in [0.25, 0.3) is 11.3 Å². The van der Waals surface area contributed by atoms with Crippen molar-refractivity contribution in [2.45, 2.75) is 33.0 Å². The van der Waals surface area contributed by atoms with Gasteiger partial charge in [-0.25, -0.2) is 4.68 Å². The van der Waals surface area contributed by atoms with E-state index in [0.29, 0.717) is 11.3 Å². The maximum atomic E-state index is 13.4. The van der Waals surface area contributed by atoms with Gasteiger partial charge >= 0.3 is 6.18 Å². The molecule has 0 radical (unpaired) electrons. The number of alkyl halides is 3. The molecule has 7 heteroatoms. The average molecular weight is 376 g/mol. The van der Waals surface area contributed by atoms with Gasteiger partial charge in [0.25, 0.3) is 0 Å². The number of hydrogen-bond donors (Lipinski definition) is 1. The number of aromatic nitrogens is 2. The van der Waals surface area contributed by atoms with Crippen LogP contribution in [0.5, 0.6) is 0 Å². The van der Waals surface area contributed by atoms with Crippen LogP contribution < -0.4 is 5.73 Å². The van der Waals surface area contributed by atoms with Crippen LogP contribution in [-0.4, -0.2) is 16.0 Å². The van der Waals surface area contributed by atoms with Gasteiger partial charge in [-0.2, -0.15) is 18.3 Å². The average Bonchev–Trinajstić information content (AvgIpc) is 2.68. The number of rotatable bonds is 2. The number of nitrogens with two attached hydrogens (primary N) is 1. The summed E-state index contributed by atoms with van der Waals surface area (Å²) in [6.07, 6.45) is -4.44. The van der Waals surface area contributed by atoms with Crippen molar-refractivity contribution in [2.75, 3.05) is 5.73 Å². The number of halogens is 4. The van der Waals surface area contributed by atoms with Crippen LogP contribution >= 0.6 is 15.9 Å². The van der Waals surface area contributed by atoms with Crippen molar-refractivity contribution in [3.8, 4) is 11.3 Å². The predicted octanol–water partition coefficient (Wildman–Crippen LogP) is 5.04. The van der Waals surface area contributed by atoms with Crippen molar-refractivity contribution >= 4 is 21.7 Å². The molecule has 1 unspecified atom stereocenters. The first-order valence-electron chi connectivity index (χ1n) is 6.68. The van der Waals surface area contributed by atoms with Crippen LogP contribution in [0, 0.1) is 5.41 Å². The molecule has 22 heavy (non-hydrogen) atoms. The van der Waals surface area contributed by atoms with Gasteiger partial charge in [0.15, 0.2) is 6.04 Å². The fraction of sp³-hybridized carbons (Fsp3) is 0.400. The standard InChI is InChI=1S/C15H17BrF3N3/c1-14(2,3)13(15(17,18)19)22-12(20)8-11(21-22)9-4-6-10(16)7-5-9/h4-8,13H,20H2,1-3H3. The van der Waals surface area contributed by atoms with Crippen LogP contribution in [0.4, 0.5) is 19.0 Å². The molecule has 0 bridgehead atoms. The number of nitrogen functional groups attached to an aromatic ring is 1. The summed E-state index contributed by atoms with van der Waals surface area (Å²) < 4.78 is 42.0. The maximum absolute atomic E-state index is 13.4. The molecule has 2 N–H and O–H groups in total. The number of benzene rings is 1. The lowest BCUT2D eigenvalue weighted by Gasteiger charge is -2.33. The summed E-state index contributed by atoms with van der Waals surface area (Å²) in [4.78, 5) is 0. The topological polar surface area (TPSA) is 43.8 Å². The van der Waals surface area contributed by atoms with Gasteiger partial charge in [-0.1, -0.05) is 48.8 Å². The van der Waals surface area contributed by atoms with Crippen molar-refractivity contribution < 1.29 is 13.2 Å². The Balaban J connectivity index is 2.50. The fourth-order valence-corrected chi connectivity index (χ4v) is 2.64. The summed E-state index contributed by atoms with van der Waals surface area (Å²) in [6.45, 7) is 4.56. The third-order valence-electron chi connectivity index (χ3n) is 3.28. The summed E-state index contributed by atoms with van der Waals surface area (Å²) in [7, 11) is 0. The highest BCUT2D eigenvalue weighted by molar-refractivity contribution is 9.10. The lowest BCUT2D eigenvalue weighted by atomic mass is 9.86. The molecule has 0 fully saturated rings. The lowest BCUT2D eigenvalue weighted by Crippen LogP contribution is -2.38. The Kier molecular flexibility index (Phi) is 4.30. The third-order valence-corrected chi connectivity index (χ3v) is 3.81. The Labute approximate surface area is 135 Å². The van der Waals surface area contributed by atoms with E-state index in [4.69, 9.17) is 5.73 Å². The highest BCUT2D eigenvalue weighted by atomic mass is 79.9. The molecule has 0 aliphatic rings. The Morgan fingerprint density at radius 3 is 2.14 bits per heavy atom. The van der Waals surface area contributed by atoms with Gasteiger partial charge in [-0.3, -0.25) is 0 Å². The minimum Gasteiger partial charge on any atom is -0.384 e. The van der Waals surface area contributed by atoms with Gasteiger partial charge < -0.3 is 5.73 Å². The van der Waals surface area contributed by atoms with E-state index in [9.17, 15) is 13.2 Å². The van der Waals surface area contributed by atoms with E-state index in [1.54, 1.807) is 24.3 Å². The molecule has 1 heterocycles. The Morgan fingerprint density at radius 2 is 1.68 bits per heavy atom. The molecule has 2 aromatic rings. The van der Waals surface area contributed by atoms with E-state index in [-0.39, 0.29) is 5.82 Å². The molecule has 3 nitrogen and oxygen atoms in total. The zero-order chi connectivity index (χ0) is 16.7. The summed E-state index contributed by atoms with van der Waals surface area (Å²) in [5.41, 5.74) is 5.87. The number of nitrogens with zero attached hydrogens (tertiary/aromatic N) is 2. The molecule has 0 spiro atoms. The monoisotopic (exact) mass is 375 g/mol. The van der Waals surface area contributed by atoms with Crippen molar-refractivity contribution in [2.24, 2.45) is 5.41 Å². The number of anilines is 1. The molecule has 2 rings (SSSR count). The Hall–Kier alpha value is -1.50. The number of hydrogen-bond acceptors (Lipinski definition) is 2. The van der Waals surface area contributed by atoms with E-state index >= 15 is 0 Å². The lowest BCUT2D eigenvalue weighted by molar-refractivity contribution is -0.194.